The Kier molecular flexibility index (Phi) is 3.93. The standard InChI is InChI=1S/C12H15FN2O2/c13-10-3-1-2-4-11(10)15-12(16)17-8-9-5-6-14-7-9/h1-4,9,14H,5-8H2,(H,15,16). The van der Waals surface area contributed by atoms with Gasteiger partial charge >= 0.3 is 6.09 Å². The predicted molar refractivity (Wildman–Crippen MR) is 62.3 cm³/mol. The van der Waals surface area contributed by atoms with Crippen LogP contribution in [-0.4, -0.2) is 25.8 Å². The van der Waals surface area contributed by atoms with Crippen LogP contribution in [0.15, 0.2) is 24.3 Å². The van der Waals surface area contributed by atoms with Crippen LogP contribution in [0.4, 0.5) is 14.9 Å². The molecule has 1 heterocycles. The van der Waals surface area contributed by atoms with Crippen molar-refractivity contribution in [1.82, 2.24) is 5.32 Å². The molecule has 0 bridgehead atoms. The number of carbonyl (C=O) groups excluding carboxylic acids is 1. The van der Waals surface area contributed by atoms with E-state index in [4.69, 9.17) is 4.74 Å². The monoisotopic (exact) mass is 238 g/mol. The van der Waals surface area contributed by atoms with Gasteiger partial charge < -0.3 is 10.1 Å². The molecule has 0 saturated carbocycles. The third-order valence-corrected chi connectivity index (χ3v) is 2.72. The van der Waals surface area contributed by atoms with Gasteiger partial charge in [-0.2, -0.15) is 0 Å². The van der Waals surface area contributed by atoms with E-state index >= 15 is 0 Å². The largest absolute Gasteiger partial charge is 0.449 e. The van der Waals surface area contributed by atoms with Gasteiger partial charge in [0, 0.05) is 12.5 Å². The number of para-hydroxylation sites is 1. The number of amides is 1. The number of anilines is 1. The minimum absolute atomic E-state index is 0.141. The summed E-state index contributed by atoms with van der Waals surface area (Å²) >= 11 is 0. The van der Waals surface area contributed by atoms with Crippen LogP contribution < -0.4 is 10.6 Å². The van der Waals surface area contributed by atoms with E-state index in [1.807, 2.05) is 0 Å². The summed E-state index contributed by atoms with van der Waals surface area (Å²) in [6.07, 6.45) is 0.398. The number of nitrogens with one attached hydrogen (secondary N) is 2. The predicted octanol–water partition coefficient (Wildman–Crippen LogP) is 1.98. The molecule has 5 heteroatoms. The van der Waals surface area contributed by atoms with E-state index in [0.29, 0.717) is 12.5 Å². The van der Waals surface area contributed by atoms with Crippen molar-refractivity contribution in [3.05, 3.63) is 30.1 Å². The van der Waals surface area contributed by atoms with Crippen molar-refractivity contribution in [2.75, 3.05) is 25.0 Å². The van der Waals surface area contributed by atoms with Crippen molar-refractivity contribution in [2.45, 2.75) is 6.42 Å². The van der Waals surface area contributed by atoms with Gasteiger partial charge in [0.25, 0.3) is 0 Å². The van der Waals surface area contributed by atoms with E-state index in [2.05, 4.69) is 10.6 Å². The Morgan fingerprint density at radius 2 is 2.35 bits per heavy atom. The van der Waals surface area contributed by atoms with Crippen LogP contribution in [0, 0.1) is 11.7 Å². The Labute approximate surface area is 99.2 Å². The molecule has 1 atom stereocenters. The zero-order chi connectivity index (χ0) is 12.1. The van der Waals surface area contributed by atoms with Crippen molar-refractivity contribution in [1.29, 1.82) is 0 Å². The molecule has 1 aromatic rings. The van der Waals surface area contributed by atoms with Gasteiger partial charge in [-0.05, 0) is 25.1 Å². The second-order valence-electron chi connectivity index (χ2n) is 4.06. The SMILES string of the molecule is O=C(Nc1ccccc1F)OCC1CCNC1. The molecule has 0 aliphatic carbocycles. The highest BCUT2D eigenvalue weighted by atomic mass is 19.1. The van der Waals surface area contributed by atoms with Crippen LogP contribution in [0.25, 0.3) is 0 Å². The fourth-order valence-electron chi connectivity index (χ4n) is 1.76. The lowest BCUT2D eigenvalue weighted by atomic mass is 10.1. The van der Waals surface area contributed by atoms with E-state index in [1.54, 1.807) is 12.1 Å². The first-order valence-electron chi connectivity index (χ1n) is 5.65. The summed E-state index contributed by atoms with van der Waals surface area (Å²) in [5.41, 5.74) is 0.141. The van der Waals surface area contributed by atoms with Crippen molar-refractivity contribution in [3.63, 3.8) is 0 Å². The molecule has 1 aliphatic rings. The molecule has 2 N–H and O–H groups in total. The number of carbonyl (C=O) groups is 1. The van der Waals surface area contributed by atoms with Gasteiger partial charge in [0.05, 0.1) is 12.3 Å². The highest BCUT2D eigenvalue weighted by Gasteiger charge is 2.16. The first-order chi connectivity index (χ1) is 8.25. The topological polar surface area (TPSA) is 50.4 Å². The highest BCUT2D eigenvalue weighted by Crippen LogP contribution is 2.13. The second kappa shape index (κ2) is 5.63. The van der Waals surface area contributed by atoms with Gasteiger partial charge in [-0.1, -0.05) is 12.1 Å². The Morgan fingerprint density at radius 3 is 3.06 bits per heavy atom. The van der Waals surface area contributed by atoms with E-state index in [1.165, 1.54) is 12.1 Å². The molecule has 4 nitrogen and oxygen atoms in total. The van der Waals surface area contributed by atoms with Crippen LogP contribution >= 0.6 is 0 Å². The zero-order valence-electron chi connectivity index (χ0n) is 9.41. The minimum atomic E-state index is -0.609. The summed E-state index contributed by atoms with van der Waals surface area (Å²) < 4.78 is 18.2. The number of halogens is 1. The number of benzene rings is 1. The number of ether oxygens (including phenoxy) is 1. The Bertz CT molecular complexity index is 392. The van der Waals surface area contributed by atoms with Gasteiger partial charge in [-0.25, -0.2) is 9.18 Å². The molecule has 1 aromatic carbocycles. The number of hydrogen-bond acceptors (Lipinski definition) is 3. The van der Waals surface area contributed by atoms with Crippen LogP contribution in [0.1, 0.15) is 6.42 Å². The lowest BCUT2D eigenvalue weighted by Crippen LogP contribution is -2.20. The van der Waals surface area contributed by atoms with Gasteiger partial charge in [-0.15, -0.1) is 0 Å². The van der Waals surface area contributed by atoms with Gasteiger partial charge in [0.1, 0.15) is 5.82 Å². The molecule has 92 valence electrons. The average Bonchev–Trinajstić information content (AvgIpc) is 2.82. The summed E-state index contributed by atoms with van der Waals surface area (Å²) in [4.78, 5) is 11.4. The fraction of sp³-hybridized carbons (Fsp3) is 0.417. The fourth-order valence-corrected chi connectivity index (χ4v) is 1.76. The van der Waals surface area contributed by atoms with E-state index in [0.717, 1.165) is 19.5 Å². The zero-order valence-corrected chi connectivity index (χ0v) is 9.41. The number of rotatable bonds is 3. The summed E-state index contributed by atoms with van der Waals surface area (Å²) in [5.74, 6) is -0.103. The van der Waals surface area contributed by atoms with E-state index < -0.39 is 11.9 Å². The molecular formula is C12H15FN2O2. The molecule has 1 unspecified atom stereocenters. The smallest absolute Gasteiger partial charge is 0.411 e. The van der Waals surface area contributed by atoms with E-state index in [-0.39, 0.29) is 5.69 Å². The lowest BCUT2D eigenvalue weighted by Gasteiger charge is -2.10. The van der Waals surface area contributed by atoms with Crippen molar-refractivity contribution in [2.24, 2.45) is 5.92 Å². The molecule has 2 rings (SSSR count). The Hall–Kier alpha value is -1.62. The lowest BCUT2D eigenvalue weighted by molar-refractivity contribution is 0.144. The van der Waals surface area contributed by atoms with Crippen LogP contribution in [0.3, 0.4) is 0 Å². The normalized spacial score (nSPS) is 19.0. The summed E-state index contributed by atoms with van der Waals surface area (Å²) in [5, 5.41) is 5.56. The molecule has 0 aromatic heterocycles. The number of hydrogen-bond donors (Lipinski definition) is 2. The second-order valence-corrected chi connectivity index (χ2v) is 4.06. The van der Waals surface area contributed by atoms with Gasteiger partial charge in [0.15, 0.2) is 0 Å². The molecule has 1 fully saturated rings. The maximum Gasteiger partial charge on any atom is 0.411 e. The van der Waals surface area contributed by atoms with Crippen molar-refractivity contribution >= 4 is 11.8 Å². The van der Waals surface area contributed by atoms with Crippen LogP contribution in [0.2, 0.25) is 0 Å². The minimum Gasteiger partial charge on any atom is -0.449 e. The molecule has 0 radical (unpaired) electrons. The average molecular weight is 238 g/mol. The summed E-state index contributed by atoms with van der Waals surface area (Å²) in [6, 6.07) is 6.00. The third-order valence-electron chi connectivity index (χ3n) is 2.72. The molecule has 1 saturated heterocycles. The summed E-state index contributed by atoms with van der Waals surface area (Å²) in [6.45, 7) is 2.20. The Morgan fingerprint density at radius 1 is 1.53 bits per heavy atom. The van der Waals surface area contributed by atoms with E-state index in [9.17, 15) is 9.18 Å². The molecule has 0 spiro atoms. The Balaban J connectivity index is 1.79. The summed E-state index contributed by atoms with van der Waals surface area (Å²) in [7, 11) is 0. The first-order valence-corrected chi connectivity index (χ1v) is 5.65. The first kappa shape index (κ1) is 11.9. The molecular weight excluding hydrogens is 223 g/mol. The molecule has 1 amide bonds. The third kappa shape index (κ3) is 3.42. The van der Waals surface area contributed by atoms with Crippen LogP contribution in [-0.2, 0) is 4.74 Å². The molecule has 1 aliphatic heterocycles. The maximum atomic E-state index is 13.2. The quantitative estimate of drug-likeness (QED) is 0.846. The molecule has 17 heavy (non-hydrogen) atoms. The highest BCUT2D eigenvalue weighted by molar-refractivity contribution is 5.84. The van der Waals surface area contributed by atoms with Gasteiger partial charge in [0.2, 0.25) is 0 Å². The van der Waals surface area contributed by atoms with Gasteiger partial charge in [-0.3, -0.25) is 5.32 Å². The maximum absolute atomic E-state index is 13.2. The van der Waals surface area contributed by atoms with Crippen molar-refractivity contribution < 1.29 is 13.9 Å². The van der Waals surface area contributed by atoms with Crippen LogP contribution in [0.5, 0.6) is 0 Å². The van der Waals surface area contributed by atoms with Crippen molar-refractivity contribution in [3.8, 4) is 0 Å².